The molecule has 0 spiro atoms. The summed E-state index contributed by atoms with van der Waals surface area (Å²) in [6.45, 7) is 11.3. The largest absolute Gasteiger partial charge is 0.490 e. The van der Waals surface area contributed by atoms with Crippen molar-refractivity contribution in [1.82, 2.24) is 15.1 Å². The summed E-state index contributed by atoms with van der Waals surface area (Å²) in [5.74, 6) is 0.871. The highest BCUT2D eigenvalue weighted by molar-refractivity contribution is 5.11. The highest BCUT2D eigenvalue weighted by Gasteiger charge is 2.07. The Hall–Kier alpha value is -1.03. The molecule has 0 fully saturated rings. The minimum Gasteiger partial charge on any atom is -0.490 e. The Kier molecular flexibility index (Phi) is 5.48. The fourth-order valence-electron chi connectivity index (χ4n) is 1.47. The molecule has 4 nitrogen and oxygen atoms in total. The van der Waals surface area contributed by atoms with Crippen LogP contribution >= 0.6 is 0 Å². The van der Waals surface area contributed by atoms with Crippen LogP contribution in [0.3, 0.4) is 0 Å². The Morgan fingerprint density at radius 2 is 2.18 bits per heavy atom. The molecule has 0 amide bonds. The summed E-state index contributed by atoms with van der Waals surface area (Å²) in [6.07, 6.45) is 5.85. The SMILES string of the molecule is CCCOc1cnn(CCCNC(C)(C)C)c1. The molecule has 0 aliphatic rings. The van der Waals surface area contributed by atoms with Gasteiger partial charge in [0.15, 0.2) is 5.75 Å². The van der Waals surface area contributed by atoms with Crippen molar-refractivity contribution < 1.29 is 4.74 Å². The molecule has 1 aromatic heterocycles. The third-order valence-corrected chi connectivity index (χ3v) is 2.30. The van der Waals surface area contributed by atoms with E-state index in [4.69, 9.17) is 4.74 Å². The van der Waals surface area contributed by atoms with Gasteiger partial charge in [-0.25, -0.2) is 0 Å². The number of aryl methyl sites for hydroxylation is 1. The highest BCUT2D eigenvalue weighted by atomic mass is 16.5. The topological polar surface area (TPSA) is 39.1 Å². The van der Waals surface area contributed by atoms with Gasteiger partial charge in [0.05, 0.1) is 19.0 Å². The Labute approximate surface area is 104 Å². The summed E-state index contributed by atoms with van der Waals surface area (Å²) >= 11 is 0. The summed E-state index contributed by atoms with van der Waals surface area (Å²) in [5.41, 5.74) is 0.194. The average Bonchev–Trinajstić information content (AvgIpc) is 2.68. The number of rotatable bonds is 7. The molecule has 0 saturated carbocycles. The van der Waals surface area contributed by atoms with Crippen LogP contribution in [0.15, 0.2) is 12.4 Å². The van der Waals surface area contributed by atoms with Crippen molar-refractivity contribution in [3.05, 3.63) is 12.4 Å². The molecular weight excluding hydrogens is 214 g/mol. The lowest BCUT2D eigenvalue weighted by atomic mass is 10.1. The molecule has 1 aromatic rings. The van der Waals surface area contributed by atoms with E-state index in [-0.39, 0.29) is 5.54 Å². The summed E-state index contributed by atoms with van der Waals surface area (Å²) < 4.78 is 7.44. The van der Waals surface area contributed by atoms with Crippen LogP contribution in [0.25, 0.3) is 0 Å². The monoisotopic (exact) mass is 239 g/mol. The van der Waals surface area contributed by atoms with E-state index in [1.807, 2.05) is 10.9 Å². The van der Waals surface area contributed by atoms with E-state index in [0.29, 0.717) is 0 Å². The Morgan fingerprint density at radius 3 is 2.82 bits per heavy atom. The number of nitrogens with one attached hydrogen (secondary N) is 1. The van der Waals surface area contributed by atoms with E-state index >= 15 is 0 Å². The molecule has 0 aromatic carbocycles. The van der Waals surface area contributed by atoms with Gasteiger partial charge in [0.25, 0.3) is 0 Å². The van der Waals surface area contributed by atoms with Crippen molar-refractivity contribution >= 4 is 0 Å². The number of aromatic nitrogens is 2. The van der Waals surface area contributed by atoms with Gasteiger partial charge in [0, 0.05) is 12.1 Å². The molecule has 0 atom stereocenters. The van der Waals surface area contributed by atoms with Gasteiger partial charge >= 0.3 is 0 Å². The second kappa shape index (κ2) is 6.64. The summed E-state index contributed by atoms with van der Waals surface area (Å²) in [5, 5.41) is 7.73. The van der Waals surface area contributed by atoms with E-state index in [1.165, 1.54) is 0 Å². The highest BCUT2D eigenvalue weighted by Crippen LogP contribution is 2.08. The minimum atomic E-state index is 0.194. The minimum absolute atomic E-state index is 0.194. The van der Waals surface area contributed by atoms with Crippen LogP contribution in [0.4, 0.5) is 0 Å². The maximum atomic E-state index is 5.50. The molecule has 0 radical (unpaired) electrons. The van der Waals surface area contributed by atoms with E-state index in [9.17, 15) is 0 Å². The Morgan fingerprint density at radius 1 is 1.41 bits per heavy atom. The third-order valence-electron chi connectivity index (χ3n) is 2.30. The van der Waals surface area contributed by atoms with Gasteiger partial charge in [-0.1, -0.05) is 6.92 Å². The normalized spacial score (nSPS) is 11.8. The molecule has 17 heavy (non-hydrogen) atoms. The van der Waals surface area contributed by atoms with Gasteiger partial charge in [-0.2, -0.15) is 5.10 Å². The lowest BCUT2D eigenvalue weighted by Crippen LogP contribution is -2.36. The number of hydrogen-bond donors (Lipinski definition) is 1. The molecule has 4 heteroatoms. The molecule has 0 bridgehead atoms. The van der Waals surface area contributed by atoms with Crippen molar-refractivity contribution in [2.75, 3.05) is 13.2 Å². The number of nitrogens with zero attached hydrogens (tertiary/aromatic N) is 2. The number of ether oxygens (including phenoxy) is 1. The number of hydrogen-bond acceptors (Lipinski definition) is 3. The smallest absolute Gasteiger partial charge is 0.157 e. The summed E-state index contributed by atoms with van der Waals surface area (Å²) in [4.78, 5) is 0. The average molecular weight is 239 g/mol. The van der Waals surface area contributed by atoms with E-state index in [2.05, 4.69) is 38.1 Å². The van der Waals surface area contributed by atoms with Gasteiger partial charge in [-0.15, -0.1) is 0 Å². The second-order valence-corrected chi connectivity index (χ2v) is 5.32. The van der Waals surface area contributed by atoms with E-state index in [0.717, 1.165) is 38.3 Å². The molecule has 1 N–H and O–H groups in total. The van der Waals surface area contributed by atoms with Crippen molar-refractivity contribution in [2.24, 2.45) is 0 Å². The van der Waals surface area contributed by atoms with Crippen LogP contribution in [0.2, 0.25) is 0 Å². The lowest BCUT2D eigenvalue weighted by molar-refractivity contribution is 0.317. The molecule has 1 rings (SSSR count). The first-order valence-corrected chi connectivity index (χ1v) is 6.41. The van der Waals surface area contributed by atoms with E-state index in [1.54, 1.807) is 6.20 Å². The van der Waals surface area contributed by atoms with Gasteiger partial charge in [0.2, 0.25) is 0 Å². The lowest BCUT2D eigenvalue weighted by Gasteiger charge is -2.20. The van der Waals surface area contributed by atoms with Crippen LogP contribution in [0.1, 0.15) is 40.5 Å². The van der Waals surface area contributed by atoms with Gasteiger partial charge in [-0.3, -0.25) is 4.68 Å². The fourth-order valence-corrected chi connectivity index (χ4v) is 1.47. The van der Waals surface area contributed by atoms with Crippen molar-refractivity contribution in [2.45, 2.75) is 52.6 Å². The quantitative estimate of drug-likeness (QED) is 0.743. The van der Waals surface area contributed by atoms with Crippen LogP contribution < -0.4 is 10.1 Å². The molecule has 0 aliphatic heterocycles. The molecule has 0 unspecified atom stereocenters. The van der Waals surface area contributed by atoms with E-state index < -0.39 is 0 Å². The van der Waals surface area contributed by atoms with Gasteiger partial charge < -0.3 is 10.1 Å². The molecule has 0 aliphatic carbocycles. The fraction of sp³-hybridized carbons (Fsp3) is 0.769. The molecule has 98 valence electrons. The summed E-state index contributed by atoms with van der Waals surface area (Å²) in [7, 11) is 0. The third kappa shape index (κ3) is 6.31. The van der Waals surface area contributed by atoms with Crippen LogP contribution in [-0.4, -0.2) is 28.5 Å². The molecule has 1 heterocycles. The second-order valence-electron chi connectivity index (χ2n) is 5.32. The standard InChI is InChI=1S/C13H25N3O/c1-5-9-17-12-10-15-16(11-12)8-6-7-14-13(2,3)4/h10-11,14H,5-9H2,1-4H3. The van der Waals surface area contributed by atoms with Crippen molar-refractivity contribution in [3.63, 3.8) is 0 Å². The first-order chi connectivity index (χ1) is 8.01. The zero-order valence-corrected chi connectivity index (χ0v) is 11.5. The zero-order chi connectivity index (χ0) is 12.7. The van der Waals surface area contributed by atoms with Gasteiger partial charge in [0.1, 0.15) is 0 Å². The first-order valence-electron chi connectivity index (χ1n) is 6.41. The predicted molar refractivity (Wildman–Crippen MR) is 70.4 cm³/mol. The maximum Gasteiger partial charge on any atom is 0.157 e. The maximum absolute atomic E-state index is 5.50. The Balaban J connectivity index is 2.21. The van der Waals surface area contributed by atoms with Crippen LogP contribution in [0.5, 0.6) is 5.75 Å². The molecular formula is C13H25N3O. The van der Waals surface area contributed by atoms with Crippen LogP contribution in [0, 0.1) is 0 Å². The Bertz CT molecular complexity index is 315. The van der Waals surface area contributed by atoms with Crippen molar-refractivity contribution in [1.29, 1.82) is 0 Å². The van der Waals surface area contributed by atoms with Gasteiger partial charge in [-0.05, 0) is 40.2 Å². The van der Waals surface area contributed by atoms with Crippen molar-refractivity contribution in [3.8, 4) is 5.75 Å². The summed E-state index contributed by atoms with van der Waals surface area (Å²) in [6, 6.07) is 0. The zero-order valence-electron chi connectivity index (χ0n) is 11.5. The first kappa shape index (κ1) is 14.0. The predicted octanol–water partition coefficient (Wildman–Crippen LogP) is 2.45. The van der Waals surface area contributed by atoms with Crippen LogP contribution in [-0.2, 0) is 6.54 Å². The molecule has 0 saturated heterocycles.